The van der Waals surface area contributed by atoms with Gasteiger partial charge in [0.15, 0.2) is 5.15 Å². The Morgan fingerprint density at radius 1 is 1.64 bits per heavy atom. The summed E-state index contributed by atoms with van der Waals surface area (Å²) in [6.07, 6.45) is 1.98. The number of carbonyl (C=O) groups excluding carboxylic acids is 1. The van der Waals surface area contributed by atoms with Gasteiger partial charge in [-0.15, -0.1) is 5.10 Å². The fourth-order valence-corrected chi connectivity index (χ4v) is 1.89. The van der Waals surface area contributed by atoms with Crippen LogP contribution < -0.4 is 4.90 Å². The van der Waals surface area contributed by atoms with Crippen molar-refractivity contribution in [1.29, 1.82) is 0 Å². The quantitative estimate of drug-likeness (QED) is 0.736. The van der Waals surface area contributed by atoms with Crippen LogP contribution in [-0.4, -0.2) is 27.9 Å². The van der Waals surface area contributed by atoms with Crippen LogP contribution in [0.4, 0.5) is 5.69 Å². The molecule has 1 aliphatic heterocycles. The number of hydrogen-bond acceptors (Lipinski definition) is 4. The van der Waals surface area contributed by atoms with Gasteiger partial charge < -0.3 is 4.90 Å². The van der Waals surface area contributed by atoms with Crippen LogP contribution in [-0.2, 0) is 4.79 Å². The number of nitrogens with zero attached hydrogens (tertiary/aromatic N) is 3. The Balaban J connectivity index is 2.27. The molecule has 1 aliphatic rings. The second-order valence-electron chi connectivity index (χ2n) is 3.10. The zero-order valence-electron chi connectivity index (χ0n) is 7.22. The molecule has 1 amide bonds. The zero-order valence-corrected chi connectivity index (χ0v) is 8.87. The monoisotopic (exact) mass is 229 g/mol. The van der Waals surface area contributed by atoms with Gasteiger partial charge in [0.2, 0.25) is 5.91 Å². The Bertz CT molecular complexity index is 373. The van der Waals surface area contributed by atoms with Crippen LogP contribution in [0.2, 0.25) is 5.15 Å². The third-order valence-corrected chi connectivity index (χ3v) is 2.56. The van der Waals surface area contributed by atoms with E-state index in [-0.39, 0.29) is 16.3 Å². The van der Waals surface area contributed by atoms with E-state index in [0.29, 0.717) is 18.7 Å². The maximum atomic E-state index is 11.5. The molecule has 0 saturated carbocycles. The first-order chi connectivity index (χ1) is 6.66. The molecule has 0 aliphatic carbocycles. The van der Waals surface area contributed by atoms with E-state index in [9.17, 15) is 4.79 Å². The van der Waals surface area contributed by atoms with E-state index in [4.69, 9.17) is 11.6 Å². The fourth-order valence-electron chi connectivity index (χ4n) is 1.42. The summed E-state index contributed by atoms with van der Waals surface area (Å²) < 4.78 is 0. The molecule has 2 rings (SSSR count). The van der Waals surface area contributed by atoms with Gasteiger partial charge in [0.1, 0.15) is 0 Å². The van der Waals surface area contributed by atoms with Crippen LogP contribution in [0.3, 0.4) is 0 Å². The number of amides is 1. The van der Waals surface area contributed by atoms with E-state index in [1.165, 1.54) is 6.20 Å². The lowest BCUT2D eigenvalue weighted by Gasteiger charge is -2.14. The van der Waals surface area contributed by atoms with Crippen molar-refractivity contribution in [2.75, 3.05) is 11.4 Å². The summed E-state index contributed by atoms with van der Waals surface area (Å²) in [6, 6.07) is 1.62. The predicted molar refractivity (Wildman–Crippen MR) is 56.8 cm³/mol. The Morgan fingerprint density at radius 2 is 2.43 bits per heavy atom. The molecule has 1 unspecified atom stereocenters. The molecule has 1 atom stereocenters. The van der Waals surface area contributed by atoms with Gasteiger partial charge in [-0.2, -0.15) is 17.7 Å². The number of aromatic nitrogens is 2. The van der Waals surface area contributed by atoms with Gasteiger partial charge in [0, 0.05) is 24.3 Å². The maximum Gasteiger partial charge on any atom is 0.228 e. The molecule has 74 valence electrons. The average molecular weight is 230 g/mol. The molecule has 0 N–H and O–H groups in total. The maximum absolute atomic E-state index is 11.5. The first-order valence-electron chi connectivity index (χ1n) is 4.13. The van der Waals surface area contributed by atoms with Crippen LogP contribution in [0.5, 0.6) is 0 Å². The summed E-state index contributed by atoms with van der Waals surface area (Å²) in [5.41, 5.74) is 0.687. The predicted octanol–water partition coefficient (Wildman–Crippen LogP) is 1.17. The molecule has 1 fully saturated rings. The van der Waals surface area contributed by atoms with Gasteiger partial charge in [-0.05, 0) is 0 Å². The van der Waals surface area contributed by atoms with Gasteiger partial charge in [-0.1, -0.05) is 11.6 Å². The molecule has 0 bridgehead atoms. The smallest absolute Gasteiger partial charge is 0.228 e. The minimum Gasteiger partial charge on any atom is -0.310 e. The van der Waals surface area contributed by atoms with Crippen LogP contribution >= 0.6 is 24.2 Å². The van der Waals surface area contributed by atoms with Crippen LogP contribution in [0, 0.1) is 0 Å². The molecule has 2 heterocycles. The standard InChI is InChI=1S/C8H8ClN3OS/c9-7-1-5(3-10-11-7)12-4-6(14)2-8(12)13/h1,3,6,14H,2,4H2. The minimum absolute atomic E-state index is 0.0501. The van der Waals surface area contributed by atoms with Crippen molar-refractivity contribution >= 4 is 35.8 Å². The van der Waals surface area contributed by atoms with Crippen LogP contribution in [0.1, 0.15) is 6.42 Å². The summed E-state index contributed by atoms with van der Waals surface area (Å²) >= 11 is 9.93. The van der Waals surface area contributed by atoms with Crippen molar-refractivity contribution in [3.63, 3.8) is 0 Å². The summed E-state index contributed by atoms with van der Waals surface area (Å²) in [5.74, 6) is 0.0501. The van der Waals surface area contributed by atoms with E-state index >= 15 is 0 Å². The number of anilines is 1. The van der Waals surface area contributed by atoms with Gasteiger partial charge >= 0.3 is 0 Å². The molecule has 14 heavy (non-hydrogen) atoms. The number of rotatable bonds is 1. The second-order valence-corrected chi connectivity index (χ2v) is 4.22. The highest BCUT2D eigenvalue weighted by atomic mass is 35.5. The number of carbonyl (C=O) groups is 1. The Hall–Kier alpha value is -0.810. The van der Waals surface area contributed by atoms with E-state index in [1.54, 1.807) is 11.0 Å². The van der Waals surface area contributed by atoms with Crippen molar-refractivity contribution < 1.29 is 4.79 Å². The first kappa shape index (κ1) is 9.73. The van der Waals surface area contributed by atoms with Gasteiger partial charge in [-0.3, -0.25) is 4.79 Å². The molecule has 0 spiro atoms. The molecular formula is C8H8ClN3OS. The summed E-state index contributed by atoms with van der Waals surface area (Å²) in [7, 11) is 0. The lowest BCUT2D eigenvalue weighted by atomic mass is 10.4. The Morgan fingerprint density at radius 3 is 3.00 bits per heavy atom. The Labute approximate surface area is 91.7 Å². The zero-order chi connectivity index (χ0) is 10.1. The summed E-state index contributed by atoms with van der Waals surface area (Å²) in [5, 5.41) is 7.68. The molecule has 0 radical (unpaired) electrons. The SMILES string of the molecule is O=C1CC(S)CN1c1cnnc(Cl)c1. The highest BCUT2D eigenvalue weighted by Gasteiger charge is 2.28. The number of hydrogen-bond donors (Lipinski definition) is 1. The molecular weight excluding hydrogens is 222 g/mol. The van der Waals surface area contributed by atoms with Gasteiger partial charge in [-0.25, -0.2) is 0 Å². The molecule has 4 nitrogen and oxygen atoms in total. The number of thiol groups is 1. The molecule has 1 aromatic rings. The highest BCUT2D eigenvalue weighted by molar-refractivity contribution is 7.81. The van der Waals surface area contributed by atoms with Crippen molar-refractivity contribution in [3.05, 3.63) is 17.4 Å². The van der Waals surface area contributed by atoms with Crippen LogP contribution in [0.15, 0.2) is 12.3 Å². The number of halogens is 1. The normalized spacial score (nSPS) is 21.7. The first-order valence-corrected chi connectivity index (χ1v) is 5.03. The van der Waals surface area contributed by atoms with Crippen molar-refractivity contribution in [2.45, 2.75) is 11.7 Å². The third kappa shape index (κ3) is 1.83. The Kier molecular flexibility index (Phi) is 2.60. The molecule has 1 aromatic heterocycles. The minimum atomic E-state index is 0.0501. The lowest BCUT2D eigenvalue weighted by Crippen LogP contribution is -2.24. The van der Waals surface area contributed by atoms with Crippen molar-refractivity contribution in [3.8, 4) is 0 Å². The van der Waals surface area contributed by atoms with E-state index in [1.807, 2.05) is 0 Å². The van der Waals surface area contributed by atoms with Gasteiger partial charge in [0.05, 0.1) is 11.9 Å². The topological polar surface area (TPSA) is 46.1 Å². The molecule has 1 saturated heterocycles. The van der Waals surface area contributed by atoms with Crippen molar-refractivity contribution in [1.82, 2.24) is 10.2 Å². The van der Waals surface area contributed by atoms with E-state index in [2.05, 4.69) is 22.8 Å². The third-order valence-electron chi connectivity index (χ3n) is 2.03. The molecule has 6 heteroatoms. The van der Waals surface area contributed by atoms with Crippen molar-refractivity contribution in [2.24, 2.45) is 0 Å². The largest absolute Gasteiger partial charge is 0.310 e. The summed E-state index contributed by atoms with van der Waals surface area (Å²) in [4.78, 5) is 13.1. The summed E-state index contributed by atoms with van der Waals surface area (Å²) in [6.45, 7) is 0.601. The van der Waals surface area contributed by atoms with Gasteiger partial charge in [0.25, 0.3) is 0 Å². The van der Waals surface area contributed by atoms with Crippen LogP contribution in [0.25, 0.3) is 0 Å². The lowest BCUT2D eigenvalue weighted by molar-refractivity contribution is -0.117. The second kappa shape index (κ2) is 3.74. The molecule has 0 aromatic carbocycles. The van der Waals surface area contributed by atoms with E-state index < -0.39 is 0 Å². The fraction of sp³-hybridized carbons (Fsp3) is 0.375. The van der Waals surface area contributed by atoms with E-state index in [0.717, 1.165) is 0 Å². The average Bonchev–Trinajstić information content (AvgIpc) is 2.45. The highest BCUT2D eigenvalue weighted by Crippen LogP contribution is 2.24.